The van der Waals surface area contributed by atoms with Crippen molar-refractivity contribution in [3.8, 4) is 11.5 Å². The number of nitrogens with one attached hydrogen (secondary N) is 1. The Morgan fingerprint density at radius 2 is 1.88 bits per heavy atom. The van der Waals surface area contributed by atoms with E-state index in [0.29, 0.717) is 17.3 Å². The molecule has 2 aliphatic rings. The van der Waals surface area contributed by atoms with E-state index in [1.54, 1.807) is 23.9 Å². The third kappa shape index (κ3) is 2.78. The van der Waals surface area contributed by atoms with Gasteiger partial charge in [-0.15, -0.1) is 0 Å². The summed E-state index contributed by atoms with van der Waals surface area (Å²) in [5, 5.41) is 7.90. The van der Waals surface area contributed by atoms with Crippen LogP contribution in [0.1, 0.15) is 28.8 Å². The molecule has 6 rings (SSSR count). The second kappa shape index (κ2) is 7.23. The van der Waals surface area contributed by atoms with Gasteiger partial charge in [0.1, 0.15) is 29.7 Å². The molecule has 7 heteroatoms. The maximum Gasteiger partial charge on any atom is 0.226 e. The normalized spacial score (nSPS) is 18.7. The first kappa shape index (κ1) is 18.6. The van der Waals surface area contributed by atoms with Gasteiger partial charge >= 0.3 is 0 Å². The summed E-state index contributed by atoms with van der Waals surface area (Å²) in [5.74, 6) is 1.70. The Hall–Kier alpha value is -4.13. The third-order valence-corrected chi connectivity index (χ3v) is 5.92. The van der Waals surface area contributed by atoms with E-state index in [1.165, 1.54) is 12.4 Å². The number of halogens is 1. The number of benzene rings is 3. The van der Waals surface area contributed by atoms with Crippen LogP contribution in [0.2, 0.25) is 0 Å². The molecule has 2 atom stereocenters. The molecule has 3 aromatic carbocycles. The molecule has 1 N–H and O–H groups in total. The Balaban J connectivity index is 1.64. The first-order chi connectivity index (χ1) is 15.7. The van der Waals surface area contributed by atoms with Crippen LogP contribution in [0.15, 0.2) is 84.7 Å². The molecule has 2 aliphatic heterocycles. The minimum atomic E-state index is -0.651. The predicted molar refractivity (Wildman–Crippen MR) is 118 cm³/mol. The SMILES string of the molecule is COc1cccc([C@@H]2C3=C(Nc4ncnn42)c2ccccc2O[C@H]3c2ccccc2F)c1. The van der Waals surface area contributed by atoms with Gasteiger partial charge in [-0.05, 0) is 35.9 Å². The molecule has 0 bridgehead atoms. The standard InChI is InChI=1S/C25H19FN4O2/c1-31-16-8-6-7-15(13-16)23-21-22(29-25-27-14-28-30(23)25)18-10-3-5-12-20(18)32-24(21)17-9-2-4-11-19(17)26/h2-14,23-24H,1H3,(H,27,28,29)/t23-,24+/m1/s1. The number of hydrogen-bond acceptors (Lipinski definition) is 5. The van der Waals surface area contributed by atoms with Crippen molar-refractivity contribution in [3.05, 3.63) is 107 Å². The second-order valence-electron chi connectivity index (χ2n) is 7.68. The van der Waals surface area contributed by atoms with Crippen molar-refractivity contribution >= 4 is 11.6 Å². The lowest BCUT2D eigenvalue weighted by Gasteiger charge is -2.39. The molecular weight excluding hydrogens is 407 g/mol. The molecule has 158 valence electrons. The minimum Gasteiger partial charge on any atom is -0.497 e. The summed E-state index contributed by atoms with van der Waals surface area (Å²) in [5.41, 5.74) is 4.02. The van der Waals surface area contributed by atoms with Crippen molar-refractivity contribution in [2.75, 3.05) is 12.4 Å². The molecule has 3 heterocycles. The van der Waals surface area contributed by atoms with Crippen molar-refractivity contribution < 1.29 is 13.9 Å². The third-order valence-electron chi connectivity index (χ3n) is 5.92. The number of hydrogen-bond donors (Lipinski definition) is 1. The maximum atomic E-state index is 15.0. The summed E-state index contributed by atoms with van der Waals surface area (Å²) in [6, 6.07) is 21.9. The fraction of sp³-hybridized carbons (Fsp3) is 0.120. The van der Waals surface area contributed by atoms with Crippen molar-refractivity contribution in [3.63, 3.8) is 0 Å². The summed E-state index contributed by atoms with van der Waals surface area (Å²) in [4.78, 5) is 4.41. The molecule has 0 aliphatic carbocycles. The Morgan fingerprint density at radius 3 is 2.75 bits per heavy atom. The van der Waals surface area contributed by atoms with Crippen LogP contribution in [0, 0.1) is 5.82 Å². The number of anilines is 1. The quantitative estimate of drug-likeness (QED) is 0.500. The molecule has 0 saturated heterocycles. The largest absolute Gasteiger partial charge is 0.497 e. The highest BCUT2D eigenvalue weighted by Crippen LogP contribution is 2.51. The van der Waals surface area contributed by atoms with Crippen molar-refractivity contribution in [2.24, 2.45) is 0 Å². The van der Waals surface area contributed by atoms with Gasteiger partial charge in [-0.3, -0.25) is 0 Å². The first-order valence-electron chi connectivity index (χ1n) is 10.3. The number of ether oxygens (including phenoxy) is 2. The van der Waals surface area contributed by atoms with Gasteiger partial charge in [-0.25, -0.2) is 9.07 Å². The predicted octanol–water partition coefficient (Wildman–Crippen LogP) is 4.99. The van der Waals surface area contributed by atoms with E-state index in [2.05, 4.69) is 15.4 Å². The Morgan fingerprint density at radius 1 is 1.03 bits per heavy atom. The average molecular weight is 426 g/mol. The van der Waals surface area contributed by atoms with Crippen LogP contribution >= 0.6 is 0 Å². The van der Waals surface area contributed by atoms with Crippen molar-refractivity contribution in [2.45, 2.75) is 12.1 Å². The fourth-order valence-electron chi connectivity index (χ4n) is 4.50. The van der Waals surface area contributed by atoms with Crippen molar-refractivity contribution in [1.82, 2.24) is 14.8 Å². The molecule has 0 radical (unpaired) electrons. The van der Waals surface area contributed by atoms with Gasteiger partial charge in [0.05, 0.1) is 12.8 Å². The lowest BCUT2D eigenvalue weighted by atomic mass is 9.84. The Labute approximate surface area is 183 Å². The Bertz CT molecular complexity index is 1360. The zero-order valence-electron chi connectivity index (χ0n) is 17.2. The number of aromatic nitrogens is 3. The van der Waals surface area contributed by atoms with E-state index >= 15 is 4.39 Å². The minimum absolute atomic E-state index is 0.322. The van der Waals surface area contributed by atoms with Crippen LogP contribution in [0.4, 0.5) is 10.3 Å². The van der Waals surface area contributed by atoms with E-state index in [1.807, 2.05) is 54.6 Å². The zero-order valence-corrected chi connectivity index (χ0v) is 17.2. The molecule has 0 fully saturated rings. The summed E-state index contributed by atoms with van der Waals surface area (Å²) < 4.78 is 28.7. The number of fused-ring (bicyclic) bond motifs is 3. The second-order valence-corrected chi connectivity index (χ2v) is 7.68. The highest BCUT2D eigenvalue weighted by atomic mass is 19.1. The van der Waals surface area contributed by atoms with E-state index in [9.17, 15) is 0 Å². The average Bonchev–Trinajstić information content (AvgIpc) is 3.31. The van der Waals surface area contributed by atoms with Gasteiger partial charge in [0, 0.05) is 16.7 Å². The molecule has 0 spiro atoms. The molecule has 6 nitrogen and oxygen atoms in total. The van der Waals surface area contributed by atoms with Crippen LogP contribution in [0.5, 0.6) is 11.5 Å². The summed E-state index contributed by atoms with van der Waals surface area (Å²) >= 11 is 0. The van der Waals surface area contributed by atoms with Gasteiger partial charge in [0.15, 0.2) is 6.10 Å². The number of para-hydroxylation sites is 1. The highest BCUT2D eigenvalue weighted by molar-refractivity contribution is 5.85. The highest BCUT2D eigenvalue weighted by Gasteiger charge is 2.41. The first-order valence-corrected chi connectivity index (χ1v) is 10.3. The molecule has 4 aromatic rings. The van der Waals surface area contributed by atoms with Crippen molar-refractivity contribution in [1.29, 1.82) is 0 Å². The molecule has 32 heavy (non-hydrogen) atoms. The van der Waals surface area contributed by atoms with Gasteiger partial charge in [0.2, 0.25) is 5.95 Å². The maximum absolute atomic E-state index is 15.0. The number of methoxy groups -OCH3 is 1. The van der Waals surface area contributed by atoms with Gasteiger partial charge in [-0.1, -0.05) is 42.5 Å². The van der Waals surface area contributed by atoms with E-state index < -0.39 is 6.10 Å². The van der Waals surface area contributed by atoms with Crippen LogP contribution in [-0.2, 0) is 0 Å². The van der Waals surface area contributed by atoms with Crippen LogP contribution in [0.25, 0.3) is 5.70 Å². The monoisotopic (exact) mass is 426 g/mol. The molecule has 1 aromatic heterocycles. The van der Waals surface area contributed by atoms with Gasteiger partial charge in [-0.2, -0.15) is 10.1 Å². The number of nitrogens with zero attached hydrogens (tertiary/aromatic N) is 3. The number of rotatable bonds is 3. The lowest BCUT2D eigenvalue weighted by Crippen LogP contribution is -2.32. The molecule has 0 saturated carbocycles. The van der Waals surface area contributed by atoms with E-state index in [4.69, 9.17) is 9.47 Å². The Kier molecular flexibility index (Phi) is 4.21. The van der Waals surface area contributed by atoms with Crippen LogP contribution in [0.3, 0.4) is 0 Å². The molecule has 0 amide bonds. The summed E-state index contributed by atoms with van der Waals surface area (Å²) in [6.07, 6.45) is 0.862. The smallest absolute Gasteiger partial charge is 0.226 e. The van der Waals surface area contributed by atoms with Gasteiger partial charge in [0.25, 0.3) is 0 Å². The van der Waals surface area contributed by atoms with E-state index in [-0.39, 0.29) is 11.9 Å². The summed E-state index contributed by atoms with van der Waals surface area (Å²) in [7, 11) is 1.63. The van der Waals surface area contributed by atoms with Crippen LogP contribution in [-0.4, -0.2) is 21.9 Å². The zero-order chi connectivity index (χ0) is 21.7. The summed E-state index contributed by atoms with van der Waals surface area (Å²) in [6.45, 7) is 0. The lowest BCUT2D eigenvalue weighted by molar-refractivity contribution is 0.218. The van der Waals surface area contributed by atoms with E-state index in [0.717, 1.165) is 28.1 Å². The fourth-order valence-corrected chi connectivity index (χ4v) is 4.50. The topological polar surface area (TPSA) is 61.2 Å². The molecule has 0 unspecified atom stereocenters. The van der Waals surface area contributed by atoms with Gasteiger partial charge < -0.3 is 14.8 Å². The molecular formula is C25H19FN4O2. The van der Waals surface area contributed by atoms with Crippen LogP contribution < -0.4 is 14.8 Å².